The number of hydrazine groups is 1. The van der Waals surface area contributed by atoms with Gasteiger partial charge in [-0.25, -0.2) is 0 Å². The number of alkyl halides is 2. The van der Waals surface area contributed by atoms with Gasteiger partial charge in [-0.2, -0.15) is 8.78 Å². The van der Waals surface area contributed by atoms with Gasteiger partial charge in [0.15, 0.2) is 0 Å². The summed E-state index contributed by atoms with van der Waals surface area (Å²) in [5.41, 5.74) is 4.12. The van der Waals surface area contributed by atoms with E-state index in [4.69, 9.17) is 5.84 Å². The van der Waals surface area contributed by atoms with E-state index >= 15 is 0 Å². The minimum Gasteiger partial charge on any atom is -0.435 e. The summed E-state index contributed by atoms with van der Waals surface area (Å²) >= 11 is 0. The first-order valence-corrected chi connectivity index (χ1v) is 5.94. The molecule has 108 valence electrons. The molecule has 0 spiro atoms. The number of hydrogen-bond acceptors (Lipinski definition) is 5. The number of aromatic nitrogens is 3. The minimum atomic E-state index is -2.85. The highest BCUT2D eigenvalue weighted by Crippen LogP contribution is 2.22. The molecule has 6 nitrogen and oxygen atoms in total. The molecule has 0 aliphatic heterocycles. The molecule has 0 bridgehead atoms. The van der Waals surface area contributed by atoms with Crippen molar-refractivity contribution in [1.82, 2.24) is 20.4 Å². The molecule has 1 aromatic heterocycles. The second-order valence-corrected chi connectivity index (χ2v) is 4.26. The Morgan fingerprint density at radius 3 is 2.85 bits per heavy atom. The average Bonchev–Trinajstić information content (AvgIpc) is 2.81. The molecule has 0 aliphatic carbocycles. The number of halogens is 2. The Hall–Kier alpha value is -2.06. The van der Waals surface area contributed by atoms with Crippen molar-refractivity contribution >= 4 is 0 Å². The lowest BCUT2D eigenvalue weighted by molar-refractivity contribution is -0.0499. The van der Waals surface area contributed by atoms with E-state index in [0.29, 0.717) is 6.42 Å². The number of hydrogen-bond donors (Lipinski definition) is 2. The number of ether oxygens (including phenoxy) is 1. The molecule has 2 aromatic rings. The van der Waals surface area contributed by atoms with E-state index in [1.807, 2.05) is 0 Å². The fraction of sp³-hybridized carbons (Fsp3) is 0.333. The van der Waals surface area contributed by atoms with Crippen LogP contribution in [0.3, 0.4) is 0 Å². The lowest BCUT2D eigenvalue weighted by Crippen LogP contribution is -2.29. The molecule has 0 saturated heterocycles. The average molecular weight is 283 g/mol. The summed E-state index contributed by atoms with van der Waals surface area (Å²) in [7, 11) is 1.76. The van der Waals surface area contributed by atoms with Crippen LogP contribution in [0.25, 0.3) is 0 Å². The van der Waals surface area contributed by atoms with Crippen molar-refractivity contribution in [2.24, 2.45) is 12.9 Å². The minimum absolute atomic E-state index is 0.0943. The van der Waals surface area contributed by atoms with E-state index in [2.05, 4.69) is 20.5 Å². The van der Waals surface area contributed by atoms with Crippen LogP contribution < -0.4 is 16.0 Å². The number of aryl methyl sites for hydroxylation is 1. The molecular weight excluding hydrogens is 268 g/mol. The molecule has 0 amide bonds. The second-order valence-electron chi connectivity index (χ2n) is 4.26. The lowest BCUT2D eigenvalue weighted by atomic mass is 10.0. The molecule has 1 atom stereocenters. The van der Waals surface area contributed by atoms with Crippen LogP contribution in [0.4, 0.5) is 8.78 Å². The molecule has 1 unspecified atom stereocenters. The van der Waals surface area contributed by atoms with Gasteiger partial charge < -0.3 is 4.74 Å². The first kappa shape index (κ1) is 14.4. The normalized spacial score (nSPS) is 12.7. The van der Waals surface area contributed by atoms with Crippen LogP contribution in [-0.4, -0.2) is 21.6 Å². The van der Waals surface area contributed by atoms with Gasteiger partial charge in [0.2, 0.25) is 0 Å². The van der Waals surface area contributed by atoms with Gasteiger partial charge in [0.1, 0.15) is 5.75 Å². The lowest BCUT2D eigenvalue weighted by Gasteiger charge is -2.16. The van der Waals surface area contributed by atoms with Gasteiger partial charge in [0.25, 0.3) is 0 Å². The molecule has 1 aromatic carbocycles. The van der Waals surface area contributed by atoms with Gasteiger partial charge in [-0.15, -0.1) is 5.10 Å². The standard InChI is InChI=1S/C12H15F2N5O/c1-19-7-9(17-18-19)6-11(16-15)8-3-2-4-10(5-8)20-12(13)14/h2-5,7,11-12,16H,6,15H2,1H3. The third-order valence-corrected chi connectivity index (χ3v) is 2.75. The SMILES string of the molecule is Cn1cc(CC(NN)c2cccc(OC(F)F)c2)nn1. The van der Waals surface area contributed by atoms with Crippen molar-refractivity contribution in [2.75, 3.05) is 0 Å². The molecule has 0 radical (unpaired) electrons. The molecule has 8 heteroatoms. The molecule has 0 fully saturated rings. The Balaban J connectivity index is 2.14. The highest BCUT2D eigenvalue weighted by Gasteiger charge is 2.14. The molecule has 20 heavy (non-hydrogen) atoms. The van der Waals surface area contributed by atoms with E-state index in [1.54, 1.807) is 30.1 Å². The van der Waals surface area contributed by atoms with Crippen LogP contribution >= 0.6 is 0 Å². The molecule has 0 saturated carbocycles. The zero-order valence-corrected chi connectivity index (χ0v) is 10.8. The maximum Gasteiger partial charge on any atom is 0.387 e. The van der Waals surface area contributed by atoms with E-state index in [-0.39, 0.29) is 11.8 Å². The molecule has 1 heterocycles. The summed E-state index contributed by atoms with van der Waals surface area (Å²) in [4.78, 5) is 0. The van der Waals surface area contributed by atoms with Crippen molar-refractivity contribution in [2.45, 2.75) is 19.1 Å². The summed E-state index contributed by atoms with van der Waals surface area (Å²) in [6.07, 6.45) is 2.26. The van der Waals surface area contributed by atoms with Gasteiger partial charge in [-0.3, -0.25) is 16.0 Å². The summed E-state index contributed by atoms with van der Waals surface area (Å²) in [5, 5.41) is 7.79. The third kappa shape index (κ3) is 3.72. The number of rotatable bonds is 6. The van der Waals surface area contributed by atoms with Crippen LogP contribution in [0.2, 0.25) is 0 Å². The number of nitrogens with one attached hydrogen (secondary N) is 1. The van der Waals surface area contributed by atoms with Crippen molar-refractivity contribution in [1.29, 1.82) is 0 Å². The Labute approximate surface area is 114 Å². The smallest absolute Gasteiger partial charge is 0.387 e. The number of benzene rings is 1. The van der Waals surface area contributed by atoms with E-state index in [1.165, 1.54) is 12.1 Å². The Morgan fingerprint density at radius 1 is 1.45 bits per heavy atom. The van der Waals surface area contributed by atoms with Crippen molar-refractivity contribution < 1.29 is 13.5 Å². The van der Waals surface area contributed by atoms with Gasteiger partial charge in [0.05, 0.1) is 11.7 Å². The molecule has 2 rings (SSSR count). The highest BCUT2D eigenvalue weighted by molar-refractivity contribution is 5.31. The van der Waals surface area contributed by atoms with Crippen LogP contribution in [0, 0.1) is 0 Å². The first-order valence-electron chi connectivity index (χ1n) is 5.94. The molecular formula is C12H15F2N5O. The Kier molecular flexibility index (Phi) is 4.59. The van der Waals surface area contributed by atoms with Gasteiger partial charge >= 0.3 is 6.61 Å². The summed E-state index contributed by atoms with van der Waals surface area (Å²) in [5.74, 6) is 5.61. The van der Waals surface area contributed by atoms with Crippen LogP contribution in [0.15, 0.2) is 30.5 Å². The fourth-order valence-electron chi connectivity index (χ4n) is 1.88. The molecule has 0 aliphatic rings. The largest absolute Gasteiger partial charge is 0.435 e. The monoisotopic (exact) mass is 283 g/mol. The summed E-state index contributed by atoms with van der Waals surface area (Å²) < 4.78 is 30.4. The van der Waals surface area contributed by atoms with Gasteiger partial charge in [-0.05, 0) is 17.7 Å². The highest BCUT2D eigenvalue weighted by atomic mass is 19.3. The Morgan fingerprint density at radius 2 is 2.25 bits per heavy atom. The third-order valence-electron chi connectivity index (χ3n) is 2.75. The second kappa shape index (κ2) is 6.40. The molecule has 3 N–H and O–H groups in total. The number of nitrogens with two attached hydrogens (primary N) is 1. The fourth-order valence-corrected chi connectivity index (χ4v) is 1.88. The topological polar surface area (TPSA) is 78.0 Å². The quantitative estimate of drug-likeness (QED) is 0.614. The number of nitrogens with zero attached hydrogens (tertiary/aromatic N) is 3. The van der Waals surface area contributed by atoms with Crippen LogP contribution in [-0.2, 0) is 13.5 Å². The van der Waals surface area contributed by atoms with Gasteiger partial charge in [-0.1, -0.05) is 17.3 Å². The summed E-state index contributed by atoms with van der Waals surface area (Å²) in [6, 6.07) is 6.12. The maximum atomic E-state index is 12.2. The van der Waals surface area contributed by atoms with Crippen LogP contribution in [0.1, 0.15) is 17.3 Å². The zero-order valence-electron chi connectivity index (χ0n) is 10.8. The van der Waals surface area contributed by atoms with E-state index in [0.717, 1.165) is 11.3 Å². The maximum absolute atomic E-state index is 12.2. The van der Waals surface area contributed by atoms with Crippen molar-refractivity contribution in [3.05, 3.63) is 41.7 Å². The zero-order chi connectivity index (χ0) is 14.5. The van der Waals surface area contributed by atoms with Gasteiger partial charge in [0, 0.05) is 19.7 Å². The van der Waals surface area contributed by atoms with Crippen molar-refractivity contribution in [3.63, 3.8) is 0 Å². The Bertz CT molecular complexity index is 560. The van der Waals surface area contributed by atoms with E-state index in [9.17, 15) is 8.78 Å². The first-order chi connectivity index (χ1) is 9.58. The van der Waals surface area contributed by atoms with Crippen LogP contribution in [0.5, 0.6) is 5.75 Å². The van der Waals surface area contributed by atoms with E-state index < -0.39 is 6.61 Å². The predicted molar refractivity (Wildman–Crippen MR) is 67.8 cm³/mol. The summed E-state index contributed by atoms with van der Waals surface area (Å²) in [6.45, 7) is -2.85. The van der Waals surface area contributed by atoms with Crippen molar-refractivity contribution in [3.8, 4) is 5.75 Å². The predicted octanol–water partition coefficient (Wildman–Crippen LogP) is 1.16.